The van der Waals surface area contributed by atoms with Gasteiger partial charge in [-0.3, -0.25) is 4.79 Å². The molecule has 0 heterocycles. The SMILES string of the molecule is COc1cc2cccc(OC(C)=O)c2cc1OC. The first-order chi connectivity index (χ1) is 8.65. The molecule has 0 N–H and O–H groups in total. The second-order valence-electron chi connectivity index (χ2n) is 3.78. The number of carbonyl (C=O) groups excluding carboxylic acids is 1. The minimum absolute atomic E-state index is 0.350. The maximum atomic E-state index is 11.1. The van der Waals surface area contributed by atoms with Crippen LogP contribution in [0.1, 0.15) is 6.92 Å². The summed E-state index contributed by atoms with van der Waals surface area (Å²) in [5.74, 6) is 1.41. The summed E-state index contributed by atoms with van der Waals surface area (Å²) < 4.78 is 15.6. The molecule has 0 aromatic heterocycles. The van der Waals surface area contributed by atoms with Gasteiger partial charge in [0.1, 0.15) is 5.75 Å². The van der Waals surface area contributed by atoms with E-state index in [0.29, 0.717) is 17.2 Å². The maximum Gasteiger partial charge on any atom is 0.308 e. The van der Waals surface area contributed by atoms with Gasteiger partial charge in [-0.1, -0.05) is 12.1 Å². The molecule has 0 saturated carbocycles. The zero-order chi connectivity index (χ0) is 13.1. The van der Waals surface area contributed by atoms with E-state index in [0.717, 1.165) is 10.8 Å². The van der Waals surface area contributed by atoms with E-state index in [4.69, 9.17) is 14.2 Å². The van der Waals surface area contributed by atoms with E-state index >= 15 is 0 Å². The van der Waals surface area contributed by atoms with Gasteiger partial charge in [0.05, 0.1) is 14.2 Å². The number of ether oxygens (including phenoxy) is 3. The van der Waals surface area contributed by atoms with Crippen molar-refractivity contribution >= 4 is 16.7 Å². The standard InChI is InChI=1S/C14H14O4/c1-9(15)18-12-6-4-5-10-7-13(16-2)14(17-3)8-11(10)12/h4-8H,1-3H3. The highest BCUT2D eigenvalue weighted by Crippen LogP contribution is 2.36. The lowest BCUT2D eigenvalue weighted by atomic mass is 10.1. The number of esters is 1. The first-order valence-corrected chi connectivity index (χ1v) is 5.49. The molecule has 0 amide bonds. The van der Waals surface area contributed by atoms with Gasteiger partial charge in [0.25, 0.3) is 0 Å². The summed E-state index contributed by atoms with van der Waals surface area (Å²) in [5.41, 5.74) is 0. The smallest absolute Gasteiger partial charge is 0.308 e. The molecule has 0 radical (unpaired) electrons. The van der Waals surface area contributed by atoms with E-state index in [2.05, 4.69) is 0 Å². The van der Waals surface area contributed by atoms with Gasteiger partial charge < -0.3 is 14.2 Å². The van der Waals surface area contributed by atoms with Crippen LogP contribution in [-0.2, 0) is 4.79 Å². The predicted molar refractivity (Wildman–Crippen MR) is 68.4 cm³/mol. The Morgan fingerprint density at radius 1 is 1.00 bits per heavy atom. The fraction of sp³-hybridized carbons (Fsp3) is 0.214. The van der Waals surface area contributed by atoms with Gasteiger partial charge in [-0.05, 0) is 23.6 Å². The Labute approximate surface area is 105 Å². The summed E-state index contributed by atoms with van der Waals surface area (Å²) in [5, 5.41) is 1.73. The molecule has 4 heteroatoms. The average Bonchev–Trinajstić information content (AvgIpc) is 2.37. The summed E-state index contributed by atoms with van der Waals surface area (Å²) >= 11 is 0. The molecule has 0 aliphatic rings. The van der Waals surface area contributed by atoms with Crippen molar-refractivity contribution < 1.29 is 19.0 Å². The van der Waals surface area contributed by atoms with Gasteiger partial charge >= 0.3 is 5.97 Å². The first-order valence-electron chi connectivity index (χ1n) is 5.49. The van der Waals surface area contributed by atoms with E-state index in [9.17, 15) is 4.79 Å². The number of benzene rings is 2. The largest absolute Gasteiger partial charge is 0.493 e. The second-order valence-corrected chi connectivity index (χ2v) is 3.78. The van der Waals surface area contributed by atoms with Crippen LogP contribution in [0.25, 0.3) is 10.8 Å². The van der Waals surface area contributed by atoms with Crippen molar-refractivity contribution in [1.29, 1.82) is 0 Å². The molecule has 4 nitrogen and oxygen atoms in total. The molecule has 2 aromatic carbocycles. The number of rotatable bonds is 3. The summed E-state index contributed by atoms with van der Waals surface area (Å²) in [6.07, 6.45) is 0. The Hall–Kier alpha value is -2.23. The van der Waals surface area contributed by atoms with Gasteiger partial charge in [0, 0.05) is 12.3 Å². The summed E-state index contributed by atoms with van der Waals surface area (Å²) in [6.45, 7) is 1.37. The van der Waals surface area contributed by atoms with Crippen molar-refractivity contribution in [3.05, 3.63) is 30.3 Å². The van der Waals surface area contributed by atoms with Crippen LogP contribution >= 0.6 is 0 Å². The van der Waals surface area contributed by atoms with E-state index in [1.807, 2.05) is 18.2 Å². The third kappa shape index (κ3) is 2.22. The van der Waals surface area contributed by atoms with Crippen molar-refractivity contribution in [2.75, 3.05) is 14.2 Å². The minimum Gasteiger partial charge on any atom is -0.493 e. The Balaban J connectivity index is 2.64. The lowest BCUT2D eigenvalue weighted by Gasteiger charge is -2.11. The van der Waals surface area contributed by atoms with Crippen LogP contribution in [0.5, 0.6) is 17.2 Å². The van der Waals surface area contributed by atoms with Crippen LogP contribution in [0.4, 0.5) is 0 Å². The Bertz CT molecular complexity index is 590. The number of carbonyl (C=O) groups is 1. The molecule has 0 atom stereocenters. The van der Waals surface area contributed by atoms with Gasteiger partial charge in [-0.25, -0.2) is 0 Å². The van der Waals surface area contributed by atoms with Gasteiger partial charge in [-0.2, -0.15) is 0 Å². The molecule has 0 spiro atoms. The molecule has 94 valence electrons. The minimum atomic E-state index is -0.350. The quantitative estimate of drug-likeness (QED) is 0.617. The molecule has 0 aliphatic carbocycles. The number of fused-ring (bicyclic) bond motifs is 1. The zero-order valence-electron chi connectivity index (χ0n) is 10.5. The zero-order valence-corrected chi connectivity index (χ0v) is 10.5. The van der Waals surface area contributed by atoms with Gasteiger partial charge in [0.15, 0.2) is 11.5 Å². The lowest BCUT2D eigenvalue weighted by molar-refractivity contribution is -0.131. The molecule has 2 aromatic rings. The third-order valence-electron chi connectivity index (χ3n) is 2.60. The molecule has 0 saturated heterocycles. The van der Waals surface area contributed by atoms with E-state index < -0.39 is 0 Å². The van der Waals surface area contributed by atoms with E-state index in [1.54, 1.807) is 26.4 Å². The summed E-state index contributed by atoms with van der Waals surface area (Å²) in [7, 11) is 3.15. The van der Waals surface area contributed by atoms with Crippen LogP contribution in [0.2, 0.25) is 0 Å². The van der Waals surface area contributed by atoms with Crippen molar-refractivity contribution in [3.63, 3.8) is 0 Å². The summed E-state index contributed by atoms with van der Waals surface area (Å²) in [4.78, 5) is 11.1. The molecular formula is C14H14O4. The molecule has 0 fully saturated rings. The van der Waals surface area contributed by atoms with Crippen LogP contribution in [0.15, 0.2) is 30.3 Å². The van der Waals surface area contributed by atoms with E-state index in [1.165, 1.54) is 6.92 Å². The maximum absolute atomic E-state index is 11.1. The molecule has 2 rings (SSSR count). The fourth-order valence-electron chi connectivity index (χ4n) is 1.82. The highest BCUT2D eigenvalue weighted by atomic mass is 16.5. The molecular weight excluding hydrogens is 232 g/mol. The first kappa shape index (κ1) is 12.2. The molecule has 0 unspecified atom stereocenters. The Morgan fingerprint density at radius 2 is 1.67 bits per heavy atom. The fourth-order valence-corrected chi connectivity index (χ4v) is 1.82. The highest BCUT2D eigenvalue weighted by molar-refractivity contribution is 5.92. The highest BCUT2D eigenvalue weighted by Gasteiger charge is 2.10. The van der Waals surface area contributed by atoms with Gasteiger partial charge in [0.2, 0.25) is 0 Å². The van der Waals surface area contributed by atoms with Crippen molar-refractivity contribution in [1.82, 2.24) is 0 Å². The average molecular weight is 246 g/mol. The topological polar surface area (TPSA) is 44.8 Å². The number of hydrogen-bond donors (Lipinski definition) is 0. The molecule has 0 bridgehead atoms. The normalized spacial score (nSPS) is 10.2. The van der Waals surface area contributed by atoms with Crippen molar-refractivity contribution in [2.24, 2.45) is 0 Å². The van der Waals surface area contributed by atoms with Crippen molar-refractivity contribution in [2.45, 2.75) is 6.92 Å². The van der Waals surface area contributed by atoms with Gasteiger partial charge in [-0.15, -0.1) is 0 Å². The number of methoxy groups -OCH3 is 2. The van der Waals surface area contributed by atoms with Crippen LogP contribution < -0.4 is 14.2 Å². The van der Waals surface area contributed by atoms with E-state index in [-0.39, 0.29) is 5.97 Å². The third-order valence-corrected chi connectivity index (χ3v) is 2.60. The molecule has 0 aliphatic heterocycles. The Kier molecular flexibility index (Phi) is 3.37. The summed E-state index contributed by atoms with van der Waals surface area (Å²) in [6, 6.07) is 9.14. The second kappa shape index (κ2) is 4.96. The van der Waals surface area contributed by atoms with Crippen LogP contribution in [-0.4, -0.2) is 20.2 Å². The number of hydrogen-bond acceptors (Lipinski definition) is 4. The van der Waals surface area contributed by atoms with Crippen molar-refractivity contribution in [3.8, 4) is 17.2 Å². The molecule has 18 heavy (non-hydrogen) atoms. The predicted octanol–water partition coefficient (Wildman–Crippen LogP) is 2.78. The Morgan fingerprint density at radius 3 is 2.28 bits per heavy atom. The lowest BCUT2D eigenvalue weighted by Crippen LogP contribution is -2.02. The monoisotopic (exact) mass is 246 g/mol. The van der Waals surface area contributed by atoms with Crippen LogP contribution in [0.3, 0.4) is 0 Å². The van der Waals surface area contributed by atoms with Crippen LogP contribution in [0, 0.1) is 0 Å².